The summed E-state index contributed by atoms with van der Waals surface area (Å²) in [5.41, 5.74) is 0.343. The van der Waals surface area contributed by atoms with Crippen LogP contribution in [0.1, 0.15) is 51.2 Å². The molecule has 1 aliphatic rings. The molecule has 4 nitrogen and oxygen atoms in total. The minimum atomic E-state index is -0.860. The highest BCUT2D eigenvalue weighted by Crippen LogP contribution is 2.27. The number of aliphatic hydroxyl groups is 1. The molecular weight excluding hydrogens is 273 g/mol. The fraction of sp³-hybridized carbons (Fsp3) is 0.562. The molecule has 0 aromatic heterocycles. The van der Waals surface area contributed by atoms with Gasteiger partial charge in [-0.2, -0.15) is 0 Å². The van der Waals surface area contributed by atoms with E-state index in [0.717, 1.165) is 25.7 Å². The number of benzene rings is 1. The summed E-state index contributed by atoms with van der Waals surface area (Å²) in [4.78, 5) is 12.1. The molecule has 0 bridgehead atoms. The third-order valence-corrected chi connectivity index (χ3v) is 3.80. The molecule has 116 valence electrons. The second-order valence-electron chi connectivity index (χ2n) is 5.61. The number of ether oxygens (including phenoxy) is 1. The topological polar surface area (TPSA) is 58.6 Å². The lowest BCUT2D eigenvalue weighted by atomic mass is 10.1. The molecule has 1 aliphatic carbocycles. The van der Waals surface area contributed by atoms with Crippen LogP contribution in [0, 0.1) is 5.82 Å². The minimum absolute atomic E-state index is 0.178. The molecule has 2 atom stereocenters. The molecule has 5 heteroatoms. The van der Waals surface area contributed by atoms with Gasteiger partial charge in [0.1, 0.15) is 11.6 Å². The zero-order chi connectivity index (χ0) is 15.4. The average molecular weight is 295 g/mol. The Kier molecular flexibility index (Phi) is 5.17. The van der Waals surface area contributed by atoms with E-state index in [4.69, 9.17) is 4.74 Å². The molecule has 0 aliphatic heterocycles. The quantitative estimate of drug-likeness (QED) is 0.878. The van der Waals surface area contributed by atoms with Gasteiger partial charge >= 0.3 is 0 Å². The fourth-order valence-electron chi connectivity index (χ4n) is 2.59. The van der Waals surface area contributed by atoms with Crippen LogP contribution in [0.2, 0.25) is 0 Å². The second kappa shape index (κ2) is 6.89. The van der Waals surface area contributed by atoms with Crippen LogP contribution in [0.5, 0.6) is 5.75 Å². The van der Waals surface area contributed by atoms with Gasteiger partial charge in [-0.05, 0) is 44.9 Å². The molecule has 0 spiro atoms. The number of rotatable bonds is 5. The van der Waals surface area contributed by atoms with E-state index in [9.17, 15) is 14.3 Å². The van der Waals surface area contributed by atoms with E-state index in [0.29, 0.717) is 11.3 Å². The van der Waals surface area contributed by atoms with Crippen molar-refractivity contribution in [2.24, 2.45) is 0 Å². The van der Waals surface area contributed by atoms with Crippen molar-refractivity contribution in [1.29, 1.82) is 0 Å². The fourth-order valence-corrected chi connectivity index (χ4v) is 2.59. The monoisotopic (exact) mass is 295 g/mol. The number of amides is 1. The van der Waals surface area contributed by atoms with Crippen LogP contribution in [0.3, 0.4) is 0 Å². The van der Waals surface area contributed by atoms with Crippen molar-refractivity contribution in [1.82, 2.24) is 5.32 Å². The van der Waals surface area contributed by atoms with E-state index in [1.54, 1.807) is 6.92 Å². The summed E-state index contributed by atoms with van der Waals surface area (Å²) in [6.45, 7) is 3.18. The maximum absolute atomic E-state index is 13.2. The first-order chi connectivity index (χ1) is 9.97. The number of carbonyl (C=O) groups excluding carboxylic acids is 1. The van der Waals surface area contributed by atoms with E-state index < -0.39 is 18.0 Å². The van der Waals surface area contributed by atoms with Gasteiger partial charge in [0.15, 0.2) is 6.10 Å². The van der Waals surface area contributed by atoms with Gasteiger partial charge in [0.25, 0.3) is 5.91 Å². The minimum Gasteiger partial charge on any atom is -0.481 e. The van der Waals surface area contributed by atoms with Crippen LogP contribution in [0.15, 0.2) is 18.2 Å². The zero-order valence-corrected chi connectivity index (χ0v) is 12.4. The van der Waals surface area contributed by atoms with Crippen LogP contribution in [0.4, 0.5) is 4.39 Å². The summed E-state index contributed by atoms with van der Waals surface area (Å²) < 4.78 is 18.8. The van der Waals surface area contributed by atoms with Gasteiger partial charge < -0.3 is 15.2 Å². The first-order valence-corrected chi connectivity index (χ1v) is 7.42. The number of hydrogen-bond donors (Lipinski definition) is 2. The molecule has 0 radical (unpaired) electrons. The predicted molar refractivity (Wildman–Crippen MR) is 77.5 cm³/mol. The number of hydrogen-bond acceptors (Lipinski definition) is 3. The summed E-state index contributed by atoms with van der Waals surface area (Å²) in [5.74, 6) is -0.287. The molecule has 21 heavy (non-hydrogen) atoms. The van der Waals surface area contributed by atoms with E-state index in [2.05, 4.69) is 5.32 Å². The molecule has 2 rings (SSSR count). The van der Waals surface area contributed by atoms with Gasteiger partial charge in [0.2, 0.25) is 0 Å². The van der Waals surface area contributed by atoms with Crippen molar-refractivity contribution in [2.45, 2.75) is 57.8 Å². The maximum atomic E-state index is 13.2. The molecule has 1 aromatic rings. The lowest BCUT2D eigenvalue weighted by Gasteiger charge is -2.20. The Balaban J connectivity index is 2.01. The normalized spacial score (nSPS) is 18.3. The molecule has 0 saturated heterocycles. The van der Waals surface area contributed by atoms with E-state index in [1.807, 2.05) is 0 Å². The van der Waals surface area contributed by atoms with E-state index in [-0.39, 0.29) is 11.9 Å². The maximum Gasteiger partial charge on any atom is 0.260 e. The Labute approximate surface area is 124 Å². The molecular formula is C16H22FNO3. The smallest absolute Gasteiger partial charge is 0.260 e. The standard InChI is InChI=1S/C16H22FNO3/c1-10(19)14-9-12(17)7-8-15(14)21-11(2)16(20)18-13-5-3-4-6-13/h7-11,13,19H,3-6H2,1-2H3,(H,18,20). The Morgan fingerprint density at radius 2 is 2.05 bits per heavy atom. The van der Waals surface area contributed by atoms with Crippen molar-refractivity contribution in [3.8, 4) is 5.75 Å². The molecule has 2 unspecified atom stereocenters. The van der Waals surface area contributed by atoms with Crippen molar-refractivity contribution in [3.63, 3.8) is 0 Å². The van der Waals surface area contributed by atoms with Gasteiger partial charge in [-0.3, -0.25) is 4.79 Å². The number of nitrogens with one attached hydrogen (secondary N) is 1. The first kappa shape index (κ1) is 15.8. The van der Waals surface area contributed by atoms with Crippen LogP contribution >= 0.6 is 0 Å². The van der Waals surface area contributed by atoms with Gasteiger partial charge in [-0.25, -0.2) is 4.39 Å². The SMILES string of the molecule is CC(Oc1ccc(F)cc1C(C)O)C(=O)NC1CCCC1. The van der Waals surface area contributed by atoms with Crippen LogP contribution < -0.4 is 10.1 Å². The third kappa shape index (κ3) is 4.17. The third-order valence-electron chi connectivity index (χ3n) is 3.80. The van der Waals surface area contributed by atoms with Gasteiger partial charge in [0.05, 0.1) is 6.10 Å². The average Bonchev–Trinajstić information content (AvgIpc) is 2.93. The zero-order valence-electron chi connectivity index (χ0n) is 12.4. The Bertz CT molecular complexity index is 498. The Morgan fingerprint density at radius 1 is 1.38 bits per heavy atom. The van der Waals surface area contributed by atoms with Crippen molar-refractivity contribution < 1.29 is 19.0 Å². The largest absolute Gasteiger partial charge is 0.481 e. The lowest BCUT2D eigenvalue weighted by Crippen LogP contribution is -2.41. The number of carbonyl (C=O) groups is 1. The van der Waals surface area contributed by atoms with Gasteiger partial charge in [0, 0.05) is 11.6 Å². The molecule has 1 saturated carbocycles. The van der Waals surface area contributed by atoms with Crippen LogP contribution in [0.25, 0.3) is 0 Å². The van der Waals surface area contributed by atoms with Crippen LogP contribution in [-0.4, -0.2) is 23.2 Å². The molecule has 1 fully saturated rings. The summed E-state index contributed by atoms with van der Waals surface area (Å²) >= 11 is 0. The number of aliphatic hydroxyl groups excluding tert-OH is 1. The van der Waals surface area contributed by atoms with Crippen molar-refractivity contribution in [3.05, 3.63) is 29.6 Å². The lowest BCUT2D eigenvalue weighted by molar-refractivity contribution is -0.128. The van der Waals surface area contributed by atoms with Gasteiger partial charge in [-0.15, -0.1) is 0 Å². The first-order valence-electron chi connectivity index (χ1n) is 7.42. The molecule has 2 N–H and O–H groups in total. The van der Waals surface area contributed by atoms with E-state index >= 15 is 0 Å². The Hall–Kier alpha value is -1.62. The van der Waals surface area contributed by atoms with Crippen LogP contribution in [-0.2, 0) is 4.79 Å². The van der Waals surface area contributed by atoms with E-state index in [1.165, 1.54) is 25.1 Å². The summed E-state index contributed by atoms with van der Waals surface area (Å²) in [5, 5.41) is 12.6. The predicted octanol–water partition coefficient (Wildman–Crippen LogP) is 2.71. The van der Waals surface area contributed by atoms with Crippen molar-refractivity contribution in [2.75, 3.05) is 0 Å². The highest BCUT2D eigenvalue weighted by Gasteiger charge is 2.22. The molecule has 0 heterocycles. The molecule has 1 amide bonds. The highest BCUT2D eigenvalue weighted by molar-refractivity contribution is 5.81. The number of halogens is 1. The van der Waals surface area contributed by atoms with Crippen molar-refractivity contribution >= 4 is 5.91 Å². The second-order valence-corrected chi connectivity index (χ2v) is 5.61. The Morgan fingerprint density at radius 3 is 2.67 bits per heavy atom. The highest BCUT2D eigenvalue weighted by atomic mass is 19.1. The summed E-state index contributed by atoms with van der Waals surface area (Å²) in [7, 11) is 0. The summed E-state index contributed by atoms with van der Waals surface area (Å²) in [6, 6.07) is 4.15. The summed E-state index contributed by atoms with van der Waals surface area (Å²) in [6.07, 6.45) is 2.76. The van der Waals surface area contributed by atoms with Gasteiger partial charge in [-0.1, -0.05) is 12.8 Å². The molecule has 1 aromatic carbocycles.